The molecule has 112 valence electrons. The number of nitrogens with zero attached hydrogens (tertiary/aromatic N) is 3. The molecule has 0 fully saturated rings. The van der Waals surface area contributed by atoms with Crippen molar-refractivity contribution in [2.24, 2.45) is 0 Å². The van der Waals surface area contributed by atoms with Gasteiger partial charge in [0.1, 0.15) is 5.82 Å². The summed E-state index contributed by atoms with van der Waals surface area (Å²) in [7, 11) is 0. The molecule has 0 atom stereocenters. The summed E-state index contributed by atoms with van der Waals surface area (Å²) in [4.78, 5) is 27.6. The third-order valence-electron chi connectivity index (χ3n) is 3.72. The molecule has 1 aliphatic heterocycles. The molecule has 0 unspecified atom stereocenters. The average Bonchev–Trinajstić information content (AvgIpc) is 2.91. The molecule has 6 heteroatoms. The van der Waals surface area contributed by atoms with Crippen molar-refractivity contribution in [3.8, 4) is 0 Å². The van der Waals surface area contributed by atoms with E-state index >= 15 is 0 Å². The molecule has 0 amide bonds. The van der Waals surface area contributed by atoms with Gasteiger partial charge in [0.25, 0.3) is 5.56 Å². The van der Waals surface area contributed by atoms with Gasteiger partial charge in [-0.05, 0) is 0 Å². The van der Waals surface area contributed by atoms with Crippen LogP contribution in [0.25, 0.3) is 0 Å². The van der Waals surface area contributed by atoms with Gasteiger partial charge < -0.3 is 4.98 Å². The van der Waals surface area contributed by atoms with Gasteiger partial charge in [-0.25, -0.2) is 4.98 Å². The zero-order chi connectivity index (χ0) is 15.0. The molecule has 2 aromatic rings. The molecule has 0 bridgehead atoms. The van der Waals surface area contributed by atoms with Gasteiger partial charge in [0.15, 0.2) is 0 Å². The molecule has 3 heterocycles. The molecule has 0 saturated heterocycles. The maximum atomic E-state index is 12.3. The van der Waals surface area contributed by atoms with Crippen LogP contribution >= 0.6 is 11.3 Å². The molecule has 5 nitrogen and oxygen atoms in total. The van der Waals surface area contributed by atoms with Crippen LogP contribution in [0.1, 0.15) is 42.7 Å². The number of hydrogen-bond acceptors (Lipinski definition) is 5. The van der Waals surface area contributed by atoms with Crippen LogP contribution in [0.4, 0.5) is 0 Å². The van der Waals surface area contributed by atoms with Crippen molar-refractivity contribution in [1.29, 1.82) is 0 Å². The van der Waals surface area contributed by atoms with E-state index < -0.39 is 0 Å². The number of rotatable bonds is 2. The second-order valence-electron chi connectivity index (χ2n) is 6.52. The third-order valence-corrected chi connectivity index (χ3v) is 4.49. The summed E-state index contributed by atoms with van der Waals surface area (Å²) in [5, 5.41) is 0. The molecule has 0 aliphatic carbocycles. The predicted octanol–water partition coefficient (Wildman–Crippen LogP) is 2.08. The van der Waals surface area contributed by atoms with Crippen molar-refractivity contribution >= 4 is 11.3 Å². The Hall–Kier alpha value is -1.53. The zero-order valence-electron chi connectivity index (χ0n) is 12.6. The first kappa shape index (κ1) is 14.4. The molecule has 2 aromatic heterocycles. The highest BCUT2D eigenvalue weighted by Crippen LogP contribution is 2.21. The van der Waals surface area contributed by atoms with E-state index in [1.165, 1.54) is 4.88 Å². The molecule has 0 aromatic carbocycles. The minimum atomic E-state index is -0.131. The van der Waals surface area contributed by atoms with Crippen molar-refractivity contribution in [3.63, 3.8) is 0 Å². The first-order valence-corrected chi connectivity index (χ1v) is 8.04. The van der Waals surface area contributed by atoms with E-state index in [1.54, 1.807) is 11.3 Å². The molecular weight excluding hydrogens is 284 g/mol. The van der Waals surface area contributed by atoms with Crippen molar-refractivity contribution in [2.75, 3.05) is 6.54 Å². The normalized spacial score (nSPS) is 16.0. The average molecular weight is 304 g/mol. The summed E-state index contributed by atoms with van der Waals surface area (Å²) in [6.45, 7) is 8.65. The minimum absolute atomic E-state index is 0.0129. The molecule has 21 heavy (non-hydrogen) atoms. The van der Waals surface area contributed by atoms with E-state index in [1.807, 2.05) is 11.7 Å². The van der Waals surface area contributed by atoms with E-state index in [2.05, 4.69) is 40.6 Å². The predicted molar refractivity (Wildman–Crippen MR) is 83.5 cm³/mol. The van der Waals surface area contributed by atoms with Crippen molar-refractivity contribution in [2.45, 2.75) is 45.7 Å². The fraction of sp³-hybridized carbons (Fsp3) is 0.533. The van der Waals surface area contributed by atoms with Crippen molar-refractivity contribution in [1.82, 2.24) is 19.9 Å². The molecule has 1 N–H and O–H groups in total. The fourth-order valence-corrected chi connectivity index (χ4v) is 3.15. The van der Waals surface area contributed by atoms with E-state index in [0.717, 1.165) is 36.6 Å². The molecule has 0 spiro atoms. The first-order valence-electron chi connectivity index (χ1n) is 7.16. The van der Waals surface area contributed by atoms with Crippen LogP contribution in [0.2, 0.25) is 0 Å². The highest BCUT2D eigenvalue weighted by atomic mass is 32.1. The maximum absolute atomic E-state index is 12.3. The smallest absolute Gasteiger partial charge is 0.255 e. The Morgan fingerprint density at radius 2 is 2.24 bits per heavy atom. The Morgan fingerprint density at radius 3 is 2.90 bits per heavy atom. The number of aromatic nitrogens is 3. The zero-order valence-corrected chi connectivity index (χ0v) is 13.5. The Morgan fingerprint density at radius 1 is 1.43 bits per heavy atom. The number of aromatic amines is 1. The van der Waals surface area contributed by atoms with Crippen LogP contribution in [-0.2, 0) is 24.9 Å². The Labute approximate surface area is 128 Å². The summed E-state index contributed by atoms with van der Waals surface area (Å²) in [5.41, 5.74) is 3.51. The summed E-state index contributed by atoms with van der Waals surface area (Å²) >= 11 is 1.65. The number of H-pyrrole nitrogens is 1. The fourth-order valence-electron chi connectivity index (χ4n) is 2.51. The monoisotopic (exact) mass is 304 g/mol. The minimum Gasteiger partial charge on any atom is -0.310 e. The SMILES string of the molecule is CC(C)(C)c1nc2c(c(=O)[nH]1)CN(Cc1cncs1)CC2. The lowest BCUT2D eigenvalue weighted by Gasteiger charge is -2.28. The topological polar surface area (TPSA) is 61.9 Å². The summed E-state index contributed by atoms with van der Waals surface area (Å²) in [6.07, 6.45) is 2.73. The lowest BCUT2D eigenvalue weighted by Crippen LogP contribution is -2.36. The Bertz CT molecular complexity index is 685. The van der Waals surface area contributed by atoms with Gasteiger partial charge in [0, 0.05) is 42.5 Å². The standard InChI is InChI=1S/C15H20N4OS/c1-15(2,3)14-17-12-4-5-19(7-10-6-16-9-21-10)8-11(12)13(20)18-14/h6,9H,4-5,7-8H2,1-3H3,(H,17,18,20). The first-order chi connectivity index (χ1) is 9.93. The highest BCUT2D eigenvalue weighted by molar-refractivity contribution is 7.09. The molecule has 1 aliphatic rings. The van der Waals surface area contributed by atoms with E-state index in [0.29, 0.717) is 6.54 Å². The number of nitrogens with one attached hydrogen (secondary N) is 1. The number of fused-ring (bicyclic) bond motifs is 1. The number of thiazole rings is 1. The summed E-state index contributed by atoms with van der Waals surface area (Å²) in [6, 6.07) is 0. The molecule has 0 saturated carbocycles. The quantitative estimate of drug-likeness (QED) is 0.923. The molecule has 3 rings (SSSR count). The van der Waals surface area contributed by atoms with Gasteiger partial charge in [-0.3, -0.25) is 14.7 Å². The van der Waals surface area contributed by atoms with Gasteiger partial charge in [-0.15, -0.1) is 11.3 Å². The van der Waals surface area contributed by atoms with Crippen LogP contribution in [0.3, 0.4) is 0 Å². The maximum Gasteiger partial charge on any atom is 0.255 e. The largest absolute Gasteiger partial charge is 0.310 e. The van der Waals surface area contributed by atoms with Gasteiger partial charge in [-0.1, -0.05) is 20.8 Å². The van der Waals surface area contributed by atoms with Crippen LogP contribution in [-0.4, -0.2) is 26.4 Å². The van der Waals surface area contributed by atoms with E-state index in [-0.39, 0.29) is 11.0 Å². The number of hydrogen-bond donors (Lipinski definition) is 1. The van der Waals surface area contributed by atoms with Gasteiger partial charge >= 0.3 is 0 Å². The Kier molecular flexibility index (Phi) is 3.67. The van der Waals surface area contributed by atoms with Crippen LogP contribution < -0.4 is 5.56 Å². The molecule has 0 radical (unpaired) electrons. The lowest BCUT2D eigenvalue weighted by molar-refractivity contribution is 0.243. The van der Waals surface area contributed by atoms with E-state index in [9.17, 15) is 4.79 Å². The Balaban J connectivity index is 1.85. The lowest BCUT2D eigenvalue weighted by atomic mass is 9.95. The van der Waals surface area contributed by atoms with Gasteiger partial charge in [0.05, 0.1) is 16.8 Å². The van der Waals surface area contributed by atoms with Gasteiger partial charge in [-0.2, -0.15) is 0 Å². The second-order valence-corrected chi connectivity index (χ2v) is 7.49. The second kappa shape index (κ2) is 5.35. The molecular formula is C15H20N4OS. The van der Waals surface area contributed by atoms with Crippen molar-refractivity contribution in [3.05, 3.63) is 44.0 Å². The van der Waals surface area contributed by atoms with Gasteiger partial charge in [0.2, 0.25) is 0 Å². The van der Waals surface area contributed by atoms with E-state index in [4.69, 9.17) is 0 Å². The highest BCUT2D eigenvalue weighted by Gasteiger charge is 2.24. The van der Waals surface area contributed by atoms with Crippen molar-refractivity contribution < 1.29 is 0 Å². The summed E-state index contributed by atoms with van der Waals surface area (Å²) in [5.74, 6) is 0.780. The van der Waals surface area contributed by atoms with Crippen LogP contribution in [0.15, 0.2) is 16.5 Å². The third kappa shape index (κ3) is 3.06. The van der Waals surface area contributed by atoms with Crippen LogP contribution in [0, 0.1) is 0 Å². The van der Waals surface area contributed by atoms with Crippen LogP contribution in [0.5, 0.6) is 0 Å². The summed E-state index contributed by atoms with van der Waals surface area (Å²) < 4.78 is 0.